The first-order valence-corrected chi connectivity index (χ1v) is 7.35. The van der Waals surface area contributed by atoms with Gasteiger partial charge in [0.1, 0.15) is 0 Å². The molecule has 2 nitrogen and oxygen atoms in total. The van der Waals surface area contributed by atoms with Crippen LogP contribution in [0.1, 0.15) is 47.3 Å². The molecule has 0 fully saturated rings. The van der Waals surface area contributed by atoms with E-state index in [0.717, 1.165) is 18.7 Å². The number of benzene rings is 1. The van der Waals surface area contributed by atoms with E-state index < -0.39 is 0 Å². The summed E-state index contributed by atoms with van der Waals surface area (Å²) >= 11 is 0. The van der Waals surface area contributed by atoms with Gasteiger partial charge in [-0.1, -0.05) is 25.1 Å². The Bertz CT molecular complexity index is 561. The number of nitrogens with zero attached hydrogens (tertiary/aromatic N) is 1. The summed E-state index contributed by atoms with van der Waals surface area (Å²) < 4.78 is 0. The van der Waals surface area contributed by atoms with E-state index in [1.165, 1.54) is 22.3 Å². The number of aromatic nitrogens is 1. The summed E-state index contributed by atoms with van der Waals surface area (Å²) in [5.41, 5.74) is 6.44. The quantitative estimate of drug-likeness (QED) is 0.883. The fourth-order valence-corrected chi connectivity index (χ4v) is 2.50. The summed E-state index contributed by atoms with van der Waals surface area (Å²) in [6.45, 7) is 9.71. The number of nitrogens with one attached hydrogen (secondary N) is 1. The van der Waals surface area contributed by atoms with E-state index >= 15 is 0 Å². The van der Waals surface area contributed by atoms with Gasteiger partial charge in [0.25, 0.3) is 0 Å². The molecule has 0 radical (unpaired) electrons. The number of hydrogen-bond donors (Lipinski definition) is 1. The minimum atomic E-state index is 0.176. The Morgan fingerprint density at radius 2 is 1.80 bits per heavy atom. The van der Waals surface area contributed by atoms with Gasteiger partial charge in [0.05, 0.1) is 11.7 Å². The van der Waals surface area contributed by atoms with Crippen molar-refractivity contribution in [3.8, 4) is 0 Å². The lowest BCUT2D eigenvalue weighted by molar-refractivity contribution is 0.584. The van der Waals surface area contributed by atoms with Crippen molar-refractivity contribution < 1.29 is 0 Å². The van der Waals surface area contributed by atoms with Gasteiger partial charge >= 0.3 is 0 Å². The third kappa shape index (κ3) is 3.26. The molecule has 2 rings (SSSR count). The van der Waals surface area contributed by atoms with Crippen molar-refractivity contribution in [2.45, 2.75) is 40.2 Å². The van der Waals surface area contributed by atoms with Gasteiger partial charge in [0, 0.05) is 6.20 Å². The third-order valence-corrected chi connectivity index (χ3v) is 3.78. The lowest BCUT2D eigenvalue weighted by atomic mass is 9.93. The van der Waals surface area contributed by atoms with E-state index in [-0.39, 0.29) is 6.04 Å². The van der Waals surface area contributed by atoms with E-state index in [2.05, 4.69) is 62.3 Å². The molecular weight excluding hydrogens is 244 g/mol. The van der Waals surface area contributed by atoms with Crippen LogP contribution in [0.3, 0.4) is 0 Å². The SMILES string of the molecule is CCCNC(c1ccccn1)c1cc(C)c(C)cc1C. The fraction of sp³-hybridized carbons (Fsp3) is 0.389. The van der Waals surface area contributed by atoms with Crippen molar-refractivity contribution in [1.82, 2.24) is 10.3 Å². The second-order valence-electron chi connectivity index (χ2n) is 5.43. The minimum Gasteiger partial charge on any atom is -0.305 e. The molecule has 1 N–H and O–H groups in total. The lowest BCUT2D eigenvalue weighted by Crippen LogP contribution is -2.25. The number of hydrogen-bond acceptors (Lipinski definition) is 2. The predicted octanol–water partition coefficient (Wildman–Crippen LogP) is 4.10. The van der Waals surface area contributed by atoms with Crippen molar-refractivity contribution in [1.29, 1.82) is 0 Å². The summed E-state index contributed by atoms with van der Waals surface area (Å²) in [7, 11) is 0. The molecule has 0 spiro atoms. The highest BCUT2D eigenvalue weighted by Crippen LogP contribution is 2.26. The van der Waals surface area contributed by atoms with Gasteiger partial charge in [-0.2, -0.15) is 0 Å². The van der Waals surface area contributed by atoms with Crippen LogP contribution in [0.15, 0.2) is 36.5 Å². The first kappa shape index (κ1) is 14.7. The maximum atomic E-state index is 4.54. The van der Waals surface area contributed by atoms with Crippen LogP contribution in [-0.4, -0.2) is 11.5 Å². The van der Waals surface area contributed by atoms with Crippen LogP contribution in [-0.2, 0) is 0 Å². The van der Waals surface area contributed by atoms with Crippen LogP contribution in [0.5, 0.6) is 0 Å². The van der Waals surface area contributed by atoms with Crippen molar-refractivity contribution in [3.63, 3.8) is 0 Å². The molecule has 1 heterocycles. The zero-order valence-corrected chi connectivity index (χ0v) is 12.9. The van der Waals surface area contributed by atoms with Crippen molar-refractivity contribution in [2.24, 2.45) is 0 Å². The zero-order valence-electron chi connectivity index (χ0n) is 12.9. The largest absolute Gasteiger partial charge is 0.305 e. The highest BCUT2D eigenvalue weighted by Gasteiger charge is 2.17. The Morgan fingerprint density at radius 1 is 1.05 bits per heavy atom. The predicted molar refractivity (Wildman–Crippen MR) is 85.0 cm³/mol. The van der Waals surface area contributed by atoms with E-state index in [1.807, 2.05) is 12.3 Å². The molecule has 1 atom stereocenters. The van der Waals surface area contributed by atoms with Gasteiger partial charge in [0.2, 0.25) is 0 Å². The summed E-state index contributed by atoms with van der Waals surface area (Å²) in [6, 6.07) is 10.9. The molecule has 1 aromatic carbocycles. The van der Waals surface area contributed by atoms with Gasteiger partial charge in [-0.05, 0) is 68.1 Å². The molecule has 0 amide bonds. The second kappa shape index (κ2) is 6.67. The second-order valence-corrected chi connectivity index (χ2v) is 5.43. The van der Waals surface area contributed by atoms with Crippen LogP contribution in [0, 0.1) is 20.8 Å². The highest BCUT2D eigenvalue weighted by molar-refractivity contribution is 5.41. The molecule has 0 saturated carbocycles. The Balaban J connectivity index is 2.44. The summed E-state index contributed by atoms with van der Waals surface area (Å²) in [6.07, 6.45) is 2.99. The highest BCUT2D eigenvalue weighted by atomic mass is 14.9. The van der Waals surface area contributed by atoms with Crippen LogP contribution < -0.4 is 5.32 Å². The zero-order chi connectivity index (χ0) is 14.5. The van der Waals surface area contributed by atoms with Crippen molar-refractivity contribution in [3.05, 3.63) is 64.5 Å². The third-order valence-electron chi connectivity index (χ3n) is 3.78. The smallest absolute Gasteiger partial charge is 0.0754 e. The number of rotatable bonds is 5. The number of aryl methyl sites for hydroxylation is 3. The Kier molecular flexibility index (Phi) is 4.91. The normalized spacial score (nSPS) is 12.4. The average molecular weight is 268 g/mol. The minimum absolute atomic E-state index is 0.176. The topological polar surface area (TPSA) is 24.9 Å². The molecule has 0 aliphatic rings. The molecule has 1 unspecified atom stereocenters. The van der Waals surface area contributed by atoms with E-state index in [9.17, 15) is 0 Å². The van der Waals surface area contributed by atoms with Gasteiger partial charge in [0.15, 0.2) is 0 Å². The standard InChI is InChI=1S/C18H24N2/c1-5-9-20-18(17-8-6-7-10-19-17)16-12-14(3)13(2)11-15(16)4/h6-8,10-12,18,20H,5,9H2,1-4H3. The van der Waals surface area contributed by atoms with Gasteiger partial charge < -0.3 is 5.32 Å². The van der Waals surface area contributed by atoms with Gasteiger partial charge in [-0.25, -0.2) is 0 Å². The molecular formula is C18H24N2. The molecule has 20 heavy (non-hydrogen) atoms. The summed E-state index contributed by atoms with van der Waals surface area (Å²) in [5, 5.41) is 3.63. The van der Waals surface area contributed by atoms with Crippen LogP contribution in [0.4, 0.5) is 0 Å². The maximum Gasteiger partial charge on any atom is 0.0754 e. The molecule has 0 saturated heterocycles. The Labute approximate surface area is 122 Å². The fourth-order valence-electron chi connectivity index (χ4n) is 2.50. The molecule has 1 aromatic heterocycles. The van der Waals surface area contributed by atoms with E-state index in [4.69, 9.17) is 0 Å². The lowest BCUT2D eigenvalue weighted by Gasteiger charge is -2.22. The van der Waals surface area contributed by atoms with Crippen molar-refractivity contribution >= 4 is 0 Å². The number of pyridine rings is 1. The Morgan fingerprint density at radius 3 is 2.45 bits per heavy atom. The molecule has 0 bridgehead atoms. The first-order chi connectivity index (χ1) is 9.63. The molecule has 2 aromatic rings. The van der Waals surface area contributed by atoms with E-state index in [0.29, 0.717) is 0 Å². The average Bonchev–Trinajstić information content (AvgIpc) is 2.45. The summed E-state index contributed by atoms with van der Waals surface area (Å²) in [5.74, 6) is 0. The summed E-state index contributed by atoms with van der Waals surface area (Å²) in [4.78, 5) is 4.54. The Hall–Kier alpha value is -1.67. The maximum absolute atomic E-state index is 4.54. The van der Waals surface area contributed by atoms with E-state index in [1.54, 1.807) is 0 Å². The van der Waals surface area contributed by atoms with Gasteiger partial charge in [-0.15, -0.1) is 0 Å². The monoisotopic (exact) mass is 268 g/mol. The molecule has 106 valence electrons. The molecule has 0 aliphatic heterocycles. The van der Waals surface area contributed by atoms with Gasteiger partial charge in [-0.3, -0.25) is 4.98 Å². The van der Waals surface area contributed by atoms with Crippen LogP contribution >= 0.6 is 0 Å². The first-order valence-electron chi connectivity index (χ1n) is 7.35. The van der Waals surface area contributed by atoms with Crippen LogP contribution in [0.2, 0.25) is 0 Å². The molecule has 2 heteroatoms. The van der Waals surface area contributed by atoms with Crippen LogP contribution in [0.25, 0.3) is 0 Å². The van der Waals surface area contributed by atoms with Crippen molar-refractivity contribution in [2.75, 3.05) is 6.54 Å². The molecule has 0 aliphatic carbocycles.